The lowest BCUT2D eigenvalue weighted by Gasteiger charge is -2.04. The van der Waals surface area contributed by atoms with Crippen LogP contribution in [-0.4, -0.2) is 29.6 Å². The summed E-state index contributed by atoms with van der Waals surface area (Å²) in [7, 11) is 0. The van der Waals surface area contributed by atoms with E-state index in [9.17, 15) is 9.59 Å². The van der Waals surface area contributed by atoms with Crippen molar-refractivity contribution in [3.05, 3.63) is 23.2 Å². The Morgan fingerprint density at radius 2 is 2.20 bits per heavy atom. The van der Waals surface area contributed by atoms with Crippen LogP contribution in [0.4, 0.5) is 0 Å². The zero-order valence-electron chi connectivity index (χ0n) is 11.6. The predicted octanol–water partition coefficient (Wildman–Crippen LogP) is 1.43. The number of carboxylic acid groups (broad SMARTS) is 1. The number of carboxylic acids is 1. The number of rotatable bonds is 8. The Hall–Kier alpha value is -1.82. The highest BCUT2D eigenvalue weighted by Gasteiger charge is 2.22. The standard InChI is InChI=1S/C14H20N2O4/c1-9-12(14(18)19)7-11(20-9)8-15-6-2-3-13(17)16-10-4-5-10/h7,10,15H,2-6,8H2,1H3,(H,16,17)(H,18,19). The number of carbonyl (C=O) groups is 2. The van der Waals surface area contributed by atoms with E-state index in [0.29, 0.717) is 37.1 Å². The predicted molar refractivity (Wildman–Crippen MR) is 72.5 cm³/mol. The first-order chi connectivity index (χ1) is 9.56. The molecule has 1 amide bonds. The lowest BCUT2D eigenvalue weighted by atomic mass is 10.2. The smallest absolute Gasteiger partial charge is 0.339 e. The number of nitrogens with one attached hydrogen (secondary N) is 2. The molecule has 1 fully saturated rings. The van der Waals surface area contributed by atoms with Gasteiger partial charge in [0.15, 0.2) is 0 Å². The average Bonchev–Trinajstić information content (AvgIpc) is 3.10. The Labute approximate surface area is 117 Å². The average molecular weight is 280 g/mol. The largest absolute Gasteiger partial charge is 0.478 e. The van der Waals surface area contributed by atoms with Crippen LogP contribution in [0.1, 0.15) is 47.6 Å². The molecule has 0 aromatic carbocycles. The molecule has 0 saturated heterocycles. The van der Waals surface area contributed by atoms with Crippen molar-refractivity contribution < 1.29 is 19.1 Å². The quantitative estimate of drug-likeness (QED) is 0.627. The lowest BCUT2D eigenvalue weighted by molar-refractivity contribution is -0.121. The summed E-state index contributed by atoms with van der Waals surface area (Å²) < 4.78 is 5.34. The highest BCUT2D eigenvalue weighted by molar-refractivity contribution is 5.88. The number of hydrogen-bond acceptors (Lipinski definition) is 4. The first kappa shape index (κ1) is 14.6. The molecule has 0 radical (unpaired) electrons. The number of aryl methyl sites for hydroxylation is 1. The number of furan rings is 1. The molecule has 1 saturated carbocycles. The summed E-state index contributed by atoms with van der Waals surface area (Å²) >= 11 is 0. The van der Waals surface area contributed by atoms with Crippen molar-refractivity contribution in [2.45, 2.75) is 45.2 Å². The maximum Gasteiger partial charge on any atom is 0.339 e. The van der Waals surface area contributed by atoms with E-state index in [0.717, 1.165) is 19.3 Å². The Morgan fingerprint density at radius 1 is 1.45 bits per heavy atom. The van der Waals surface area contributed by atoms with E-state index in [2.05, 4.69) is 10.6 Å². The summed E-state index contributed by atoms with van der Waals surface area (Å²) in [5, 5.41) is 15.0. The van der Waals surface area contributed by atoms with E-state index in [-0.39, 0.29) is 11.5 Å². The van der Waals surface area contributed by atoms with Crippen molar-refractivity contribution in [1.82, 2.24) is 10.6 Å². The lowest BCUT2D eigenvalue weighted by Crippen LogP contribution is -2.26. The second-order valence-electron chi connectivity index (χ2n) is 5.11. The third kappa shape index (κ3) is 4.38. The molecule has 6 heteroatoms. The van der Waals surface area contributed by atoms with Crippen LogP contribution < -0.4 is 10.6 Å². The van der Waals surface area contributed by atoms with Gasteiger partial charge in [-0.05, 0) is 38.8 Å². The fourth-order valence-corrected chi connectivity index (χ4v) is 1.96. The maximum absolute atomic E-state index is 11.4. The van der Waals surface area contributed by atoms with Gasteiger partial charge in [0.25, 0.3) is 0 Å². The molecule has 1 aromatic rings. The van der Waals surface area contributed by atoms with Gasteiger partial charge in [-0.3, -0.25) is 4.79 Å². The summed E-state index contributed by atoms with van der Waals surface area (Å²) in [6, 6.07) is 1.95. The Kier molecular flexibility index (Phi) is 4.79. The topological polar surface area (TPSA) is 91.6 Å². The summed E-state index contributed by atoms with van der Waals surface area (Å²) in [6.45, 7) is 2.80. The first-order valence-electron chi connectivity index (χ1n) is 6.89. The van der Waals surface area contributed by atoms with Gasteiger partial charge < -0.3 is 20.2 Å². The van der Waals surface area contributed by atoms with Crippen LogP contribution in [0.3, 0.4) is 0 Å². The van der Waals surface area contributed by atoms with Crippen molar-refractivity contribution in [3.8, 4) is 0 Å². The van der Waals surface area contributed by atoms with Crippen LogP contribution in [0.25, 0.3) is 0 Å². The summed E-state index contributed by atoms with van der Waals surface area (Å²) in [5.74, 6) is 0.144. The number of aromatic carboxylic acids is 1. The SMILES string of the molecule is Cc1oc(CNCCCC(=O)NC2CC2)cc1C(=O)O. The monoisotopic (exact) mass is 280 g/mol. The Morgan fingerprint density at radius 3 is 2.80 bits per heavy atom. The number of carbonyl (C=O) groups excluding carboxylic acids is 1. The van der Waals surface area contributed by atoms with Crippen LogP contribution >= 0.6 is 0 Å². The molecule has 6 nitrogen and oxygen atoms in total. The Bertz CT molecular complexity index is 491. The molecule has 2 rings (SSSR count). The molecule has 0 atom stereocenters. The number of hydrogen-bond donors (Lipinski definition) is 3. The second kappa shape index (κ2) is 6.56. The van der Waals surface area contributed by atoms with Gasteiger partial charge in [-0.15, -0.1) is 0 Å². The molecule has 0 spiro atoms. The van der Waals surface area contributed by atoms with Gasteiger partial charge in [-0.2, -0.15) is 0 Å². The molecule has 1 aliphatic carbocycles. The minimum Gasteiger partial charge on any atom is -0.478 e. The van der Waals surface area contributed by atoms with Gasteiger partial charge in [0, 0.05) is 12.5 Å². The number of amides is 1. The maximum atomic E-state index is 11.4. The van der Waals surface area contributed by atoms with Crippen LogP contribution in [0.2, 0.25) is 0 Å². The van der Waals surface area contributed by atoms with E-state index in [4.69, 9.17) is 9.52 Å². The van der Waals surface area contributed by atoms with Gasteiger partial charge in [0.05, 0.1) is 6.54 Å². The molecule has 20 heavy (non-hydrogen) atoms. The zero-order chi connectivity index (χ0) is 14.5. The highest BCUT2D eigenvalue weighted by atomic mass is 16.4. The van der Waals surface area contributed by atoms with Crippen molar-refractivity contribution in [2.24, 2.45) is 0 Å². The van der Waals surface area contributed by atoms with Gasteiger partial charge >= 0.3 is 5.97 Å². The van der Waals surface area contributed by atoms with E-state index in [1.54, 1.807) is 6.92 Å². The second-order valence-corrected chi connectivity index (χ2v) is 5.11. The van der Waals surface area contributed by atoms with Gasteiger partial charge in [0.1, 0.15) is 17.1 Å². The molecule has 0 bridgehead atoms. The van der Waals surface area contributed by atoms with Crippen molar-refractivity contribution in [1.29, 1.82) is 0 Å². The molecule has 110 valence electrons. The van der Waals surface area contributed by atoms with E-state index in [1.807, 2.05) is 0 Å². The normalized spacial score (nSPS) is 14.2. The fourth-order valence-electron chi connectivity index (χ4n) is 1.96. The van der Waals surface area contributed by atoms with Crippen LogP contribution in [-0.2, 0) is 11.3 Å². The van der Waals surface area contributed by atoms with E-state index < -0.39 is 5.97 Å². The van der Waals surface area contributed by atoms with E-state index >= 15 is 0 Å². The minimum atomic E-state index is -0.978. The van der Waals surface area contributed by atoms with E-state index in [1.165, 1.54) is 6.07 Å². The summed E-state index contributed by atoms with van der Waals surface area (Å²) in [5.41, 5.74) is 0.200. The van der Waals surface area contributed by atoms with Gasteiger partial charge in [-0.1, -0.05) is 0 Å². The molecule has 0 unspecified atom stereocenters. The van der Waals surface area contributed by atoms with Crippen molar-refractivity contribution in [2.75, 3.05) is 6.54 Å². The third-order valence-corrected chi connectivity index (χ3v) is 3.20. The zero-order valence-corrected chi connectivity index (χ0v) is 11.6. The molecule has 1 heterocycles. The molecule has 3 N–H and O–H groups in total. The van der Waals surface area contributed by atoms with Gasteiger partial charge in [-0.25, -0.2) is 4.79 Å². The first-order valence-corrected chi connectivity index (χ1v) is 6.89. The molecular formula is C14H20N2O4. The van der Waals surface area contributed by atoms with Crippen LogP contribution in [0.5, 0.6) is 0 Å². The molecule has 1 aromatic heterocycles. The van der Waals surface area contributed by atoms with Crippen LogP contribution in [0.15, 0.2) is 10.5 Å². The molecule has 1 aliphatic rings. The van der Waals surface area contributed by atoms with Crippen molar-refractivity contribution >= 4 is 11.9 Å². The fraction of sp³-hybridized carbons (Fsp3) is 0.571. The van der Waals surface area contributed by atoms with Crippen molar-refractivity contribution in [3.63, 3.8) is 0 Å². The molecular weight excluding hydrogens is 260 g/mol. The third-order valence-electron chi connectivity index (χ3n) is 3.20. The Balaban J connectivity index is 1.61. The highest BCUT2D eigenvalue weighted by Crippen LogP contribution is 2.18. The minimum absolute atomic E-state index is 0.108. The van der Waals surface area contributed by atoms with Gasteiger partial charge in [0.2, 0.25) is 5.91 Å². The summed E-state index contributed by atoms with van der Waals surface area (Å²) in [4.78, 5) is 22.3. The summed E-state index contributed by atoms with van der Waals surface area (Å²) in [6.07, 6.45) is 3.48. The molecule has 0 aliphatic heterocycles. The van der Waals surface area contributed by atoms with Crippen LogP contribution in [0, 0.1) is 6.92 Å².